The molecule has 2 fully saturated rings. The third-order valence-corrected chi connectivity index (χ3v) is 7.74. The summed E-state index contributed by atoms with van der Waals surface area (Å²) in [4.78, 5) is 28.4. The third kappa shape index (κ3) is 4.26. The van der Waals surface area contributed by atoms with Crippen molar-refractivity contribution in [2.24, 2.45) is 0 Å². The number of aryl methyl sites for hydroxylation is 1. The molecular formula is C30H33N5O. The second-order valence-electron chi connectivity index (χ2n) is 10.2. The number of aromatic amines is 1. The van der Waals surface area contributed by atoms with Gasteiger partial charge in [-0.25, -0.2) is 4.98 Å². The molecule has 2 saturated heterocycles. The summed E-state index contributed by atoms with van der Waals surface area (Å²) in [6.07, 6.45) is 3.92. The largest absolute Gasteiger partial charge is 0.354 e. The van der Waals surface area contributed by atoms with Gasteiger partial charge in [0.2, 0.25) is 0 Å². The number of fused-ring (bicyclic) bond motifs is 2. The maximum Gasteiger partial charge on any atom is 0.270 e. The molecular weight excluding hydrogens is 446 g/mol. The van der Waals surface area contributed by atoms with Crippen molar-refractivity contribution in [2.75, 3.05) is 44.2 Å². The standard InChI is InChI=1S/C30H33N5O/c1-21-9-10-24-19-27(32-26(24)18-21)30(36)35-13-5-8-28(35)22(2)20-33-14-16-34(17-15-33)29-25-7-4-3-6-23(25)11-12-31-29/h3-4,6-7,9-12,18-19,28,32H,2,5,8,13-17,20H2,1H3/t28-/m0/s1. The predicted molar refractivity (Wildman–Crippen MR) is 147 cm³/mol. The molecule has 2 aromatic carbocycles. The van der Waals surface area contributed by atoms with Crippen molar-refractivity contribution in [3.05, 3.63) is 84.2 Å². The molecule has 2 aromatic heterocycles. The van der Waals surface area contributed by atoms with E-state index in [-0.39, 0.29) is 11.9 Å². The van der Waals surface area contributed by atoms with Crippen molar-refractivity contribution in [1.82, 2.24) is 19.8 Å². The zero-order valence-corrected chi connectivity index (χ0v) is 20.9. The van der Waals surface area contributed by atoms with Crippen LogP contribution in [0.1, 0.15) is 28.9 Å². The Morgan fingerprint density at radius 3 is 2.72 bits per heavy atom. The summed E-state index contributed by atoms with van der Waals surface area (Å²) in [6, 6.07) is 18.9. The number of hydrogen-bond donors (Lipinski definition) is 1. The van der Waals surface area contributed by atoms with Gasteiger partial charge in [-0.2, -0.15) is 0 Å². The van der Waals surface area contributed by atoms with Gasteiger partial charge in [0.15, 0.2) is 0 Å². The van der Waals surface area contributed by atoms with Crippen LogP contribution in [0.2, 0.25) is 0 Å². The number of amides is 1. The average molecular weight is 480 g/mol. The number of nitrogens with zero attached hydrogens (tertiary/aromatic N) is 4. The lowest BCUT2D eigenvalue weighted by atomic mass is 10.0. The van der Waals surface area contributed by atoms with Crippen LogP contribution in [0.5, 0.6) is 0 Å². The molecule has 0 radical (unpaired) electrons. The van der Waals surface area contributed by atoms with Crippen molar-refractivity contribution < 1.29 is 4.79 Å². The highest BCUT2D eigenvalue weighted by Gasteiger charge is 2.33. The minimum Gasteiger partial charge on any atom is -0.354 e. The SMILES string of the molecule is C=C(CN1CCN(c2nccc3ccccc23)CC1)[C@@H]1CCCN1C(=O)c1cc2ccc(C)cc2[nH]1. The number of hydrogen-bond acceptors (Lipinski definition) is 4. The maximum absolute atomic E-state index is 13.4. The molecule has 2 aliphatic rings. The average Bonchev–Trinajstić information content (AvgIpc) is 3.56. The molecule has 6 rings (SSSR count). The number of aromatic nitrogens is 2. The molecule has 1 atom stereocenters. The van der Waals surface area contributed by atoms with Gasteiger partial charge in [0, 0.05) is 61.8 Å². The van der Waals surface area contributed by atoms with E-state index >= 15 is 0 Å². The van der Waals surface area contributed by atoms with Crippen molar-refractivity contribution in [1.29, 1.82) is 0 Å². The Balaban J connectivity index is 1.10. The summed E-state index contributed by atoms with van der Waals surface area (Å²) >= 11 is 0. The molecule has 0 spiro atoms. The lowest BCUT2D eigenvalue weighted by molar-refractivity contribution is 0.0746. The summed E-state index contributed by atoms with van der Waals surface area (Å²) in [7, 11) is 0. The quantitative estimate of drug-likeness (QED) is 0.409. The van der Waals surface area contributed by atoms with Crippen LogP contribution >= 0.6 is 0 Å². The molecule has 4 heterocycles. The Kier molecular flexibility index (Phi) is 5.97. The first-order chi connectivity index (χ1) is 17.6. The third-order valence-electron chi connectivity index (χ3n) is 7.74. The van der Waals surface area contributed by atoms with Gasteiger partial charge >= 0.3 is 0 Å². The highest BCUT2D eigenvalue weighted by Crippen LogP contribution is 2.28. The first-order valence-corrected chi connectivity index (χ1v) is 13.0. The summed E-state index contributed by atoms with van der Waals surface area (Å²) in [5, 5.41) is 3.52. The number of carbonyl (C=O) groups is 1. The van der Waals surface area contributed by atoms with Crippen LogP contribution in [0.3, 0.4) is 0 Å². The van der Waals surface area contributed by atoms with E-state index < -0.39 is 0 Å². The molecule has 6 heteroatoms. The number of rotatable bonds is 5. The fourth-order valence-electron chi connectivity index (χ4n) is 5.81. The van der Waals surface area contributed by atoms with Gasteiger partial charge in [-0.3, -0.25) is 9.69 Å². The van der Waals surface area contributed by atoms with Crippen molar-refractivity contribution >= 4 is 33.4 Å². The Labute approximate surface area is 212 Å². The van der Waals surface area contributed by atoms with E-state index in [1.165, 1.54) is 16.3 Å². The van der Waals surface area contributed by atoms with Crippen molar-refractivity contribution in [2.45, 2.75) is 25.8 Å². The minimum absolute atomic E-state index is 0.0827. The Morgan fingerprint density at radius 2 is 1.86 bits per heavy atom. The first-order valence-electron chi connectivity index (χ1n) is 13.0. The molecule has 36 heavy (non-hydrogen) atoms. The van der Waals surface area contributed by atoms with E-state index in [0.717, 1.165) is 74.4 Å². The Hall–Kier alpha value is -3.64. The van der Waals surface area contributed by atoms with E-state index in [1.54, 1.807) is 0 Å². The fraction of sp³-hybridized carbons (Fsp3) is 0.333. The smallest absolute Gasteiger partial charge is 0.270 e. The summed E-state index contributed by atoms with van der Waals surface area (Å²) < 4.78 is 0. The van der Waals surface area contributed by atoms with E-state index in [0.29, 0.717) is 5.69 Å². The molecule has 2 aliphatic heterocycles. The lowest BCUT2D eigenvalue weighted by Gasteiger charge is -2.37. The number of carbonyl (C=O) groups excluding carboxylic acids is 1. The van der Waals surface area contributed by atoms with Crippen molar-refractivity contribution in [3.8, 4) is 0 Å². The summed E-state index contributed by atoms with van der Waals surface area (Å²) in [5.74, 6) is 1.16. The normalized spacial score (nSPS) is 18.9. The Bertz CT molecular complexity index is 1430. The van der Waals surface area contributed by atoms with Crippen LogP contribution in [-0.4, -0.2) is 71.0 Å². The molecule has 6 nitrogen and oxygen atoms in total. The monoisotopic (exact) mass is 479 g/mol. The number of pyridine rings is 1. The van der Waals surface area contributed by atoms with E-state index in [9.17, 15) is 4.79 Å². The Morgan fingerprint density at radius 1 is 1.03 bits per heavy atom. The molecule has 184 valence electrons. The van der Waals surface area contributed by atoms with Gasteiger partial charge in [0.05, 0.1) is 6.04 Å². The van der Waals surface area contributed by atoms with Crippen LogP contribution in [0, 0.1) is 6.92 Å². The molecule has 4 aromatic rings. The zero-order chi connectivity index (χ0) is 24.6. The van der Waals surface area contributed by atoms with Crippen LogP contribution in [0.25, 0.3) is 21.7 Å². The molecule has 0 bridgehead atoms. The van der Waals surface area contributed by atoms with E-state index in [1.807, 2.05) is 17.2 Å². The molecule has 1 N–H and O–H groups in total. The maximum atomic E-state index is 13.4. The van der Waals surface area contributed by atoms with Crippen LogP contribution in [0.15, 0.2) is 72.9 Å². The van der Waals surface area contributed by atoms with Crippen molar-refractivity contribution in [3.63, 3.8) is 0 Å². The topological polar surface area (TPSA) is 55.5 Å². The second kappa shape index (κ2) is 9.43. The number of likely N-dealkylation sites (tertiary alicyclic amines) is 1. The van der Waals surface area contributed by atoms with Crippen LogP contribution in [0.4, 0.5) is 5.82 Å². The van der Waals surface area contributed by atoms with Gasteiger partial charge in [-0.1, -0.05) is 43.0 Å². The molecule has 0 aliphatic carbocycles. The van der Waals surface area contributed by atoms with Gasteiger partial charge in [-0.05, 0) is 54.5 Å². The van der Waals surface area contributed by atoms with Crippen LogP contribution in [-0.2, 0) is 0 Å². The number of H-pyrrole nitrogens is 1. The van der Waals surface area contributed by atoms with Gasteiger partial charge in [0.1, 0.15) is 11.5 Å². The highest BCUT2D eigenvalue weighted by molar-refractivity contribution is 5.98. The lowest BCUT2D eigenvalue weighted by Crippen LogP contribution is -2.48. The second-order valence-corrected chi connectivity index (χ2v) is 10.2. The van der Waals surface area contributed by atoms with E-state index in [4.69, 9.17) is 4.98 Å². The number of anilines is 1. The van der Waals surface area contributed by atoms with E-state index in [2.05, 4.69) is 76.8 Å². The molecule has 0 unspecified atom stereocenters. The van der Waals surface area contributed by atoms with Gasteiger partial charge < -0.3 is 14.8 Å². The van der Waals surface area contributed by atoms with Crippen LogP contribution < -0.4 is 4.90 Å². The number of nitrogens with one attached hydrogen (secondary N) is 1. The molecule has 0 saturated carbocycles. The highest BCUT2D eigenvalue weighted by atomic mass is 16.2. The number of piperazine rings is 1. The van der Waals surface area contributed by atoms with Gasteiger partial charge in [-0.15, -0.1) is 0 Å². The number of benzene rings is 2. The van der Waals surface area contributed by atoms with Gasteiger partial charge in [0.25, 0.3) is 5.91 Å². The fourth-order valence-corrected chi connectivity index (χ4v) is 5.81. The summed E-state index contributed by atoms with van der Waals surface area (Å²) in [6.45, 7) is 12.0. The predicted octanol–water partition coefficient (Wildman–Crippen LogP) is 5.01. The first kappa shape index (κ1) is 22.8. The summed E-state index contributed by atoms with van der Waals surface area (Å²) in [5.41, 5.74) is 4.02. The minimum atomic E-state index is 0.0827. The zero-order valence-electron chi connectivity index (χ0n) is 20.9. The molecule has 1 amide bonds.